The fourth-order valence-corrected chi connectivity index (χ4v) is 5.12. The van der Waals surface area contributed by atoms with Crippen LogP contribution in [0.15, 0.2) is 29.2 Å². The minimum Gasteiger partial charge on any atom is -0.388 e. The van der Waals surface area contributed by atoms with Crippen molar-refractivity contribution in [3.63, 3.8) is 0 Å². The Morgan fingerprint density at radius 2 is 1.97 bits per heavy atom. The average Bonchev–Trinajstić information content (AvgIpc) is 3.18. The molecule has 9 nitrogen and oxygen atoms in total. The van der Waals surface area contributed by atoms with E-state index in [1.165, 1.54) is 12.1 Å². The van der Waals surface area contributed by atoms with Gasteiger partial charge in [0.05, 0.1) is 30.8 Å². The molecule has 5 atom stereocenters. The Morgan fingerprint density at radius 3 is 2.70 bits per heavy atom. The molecule has 3 saturated heterocycles. The molecule has 0 amide bonds. The van der Waals surface area contributed by atoms with E-state index >= 15 is 0 Å². The largest absolute Gasteiger partial charge is 0.388 e. The second-order valence-electron chi connectivity index (χ2n) is 7.98. The molecular weight excluding hydrogens is 412 g/mol. The topological polar surface area (TPSA) is 107 Å². The van der Waals surface area contributed by atoms with Crippen LogP contribution in [0.4, 0.5) is 0 Å². The summed E-state index contributed by atoms with van der Waals surface area (Å²) in [6.45, 7) is 7.15. The van der Waals surface area contributed by atoms with Gasteiger partial charge < -0.3 is 24.6 Å². The lowest BCUT2D eigenvalue weighted by Gasteiger charge is -2.38. The third-order valence-corrected chi connectivity index (χ3v) is 7.11. The standard InChI is InChI=1S/C20H30N2O7S/c1-14-3-5-15(6-4-14)30(24,25)29-19-18(23)17(16-13-27-20(19)28-16)21-7-2-8-22-9-11-26-12-10-22/h3-6,16-21,23H,2,7-13H2,1H3/t16?,17?,18?,19?,20-/m1/s1. The number of aliphatic hydroxyl groups is 1. The summed E-state index contributed by atoms with van der Waals surface area (Å²) in [6.07, 6.45) is -2.55. The van der Waals surface area contributed by atoms with Crippen LogP contribution in [0.25, 0.3) is 0 Å². The zero-order valence-corrected chi connectivity index (χ0v) is 17.9. The molecule has 4 rings (SSSR count). The number of fused-ring (bicyclic) bond motifs is 2. The number of nitrogens with zero attached hydrogens (tertiary/aromatic N) is 1. The zero-order valence-electron chi connectivity index (χ0n) is 17.1. The molecule has 0 aliphatic carbocycles. The van der Waals surface area contributed by atoms with Crippen LogP contribution < -0.4 is 5.32 Å². The Hall–Kier alpha value is -1.11. The van der Waals surface area contributed by atoms with Crippen LogP contribution in [-0.2, 0) is 28.5 Å². The number of morpholine rings is 1. The fourth-order valence-electron chi connectivity index (χ4n) is 4.04. The molecule has 2 N–H and O–H groups in total. The summed E-state index contributed by atoms with van der Waals surface area (Å²) >= 11 is 0. The molecule has 1 aromatic carbocycles. The molecule has 168 valence electrons. The van der Waals surface area contributed by atoms with Gasteiger partial charge in [0.2, 0.25) is 0 Å². The number of aliphatic hydroxyl groups excluding tert-OH is 1. The summed E-state index contributed by atoms with van der Waals surface area (Å²) < 4.78 is 47.5. The normalized spacial score (nSPS) is 32.4. The van der Waals surface area contributed by atoms with Gasteiger partial charge in [-0.3, -0.25) is 9.08 Å². The highest BCUT2D eigenvalue weighted by molar-refractivity contribution is 7.86. The number of ether oxygens (including phenoxy) is 3. The van der Waals surface area contributed by atoms with Gasteiger partial charge in [-0.25, -0.2) is 0 Å². The number of hydrogen-bond donors (Lipinski definition) is 2. The molecule has 3 heterocycles. The van der Waals surface area contributed by atoms with Crippen molar-refractivity contribution >= 4 is 10.1 Å². The Balaban J connectivity index is 1.35. The Labute approximate surface area is 177 Å². The molecule has 4 unspecified atom stereocenters. The first-order chi connectivity index (χ1) is 14.4. The van der Waals surface area contributed by atoms with Crippen molar-refractivity contribution in [2.45, 2.75) is 48.9 Å². The van der Waals surface area contributed by atoms with E-state index in [0.29, 0.717) is 6.54 Å². The van der Waals surface area contributed by atoms with Crippen LogP contribution >= 0.6 is 0 Å². The lowest BCUT2D eigenvalue weighted by Crippen LogP contribution is -2.60. The van der Waals surface area contributed by atoms with Crippen LogP contribution in [-0.4, -0.2) is 95.1 Å². The zero-order chi connectivity index (χ0) is 21.1. The Morgan fingerprint density at radius 1 is 1.23 bits per heavy atom. The van der Waals surface area contributed by atoms with Crippen molar-refractivity contribution < 1.29 is 31.9 Å². The maximum absolute atomic E-state index is 12.7. The Bertz CT molecular complexity index is 798. The quantitative estimate of drug-likeness (QED) is 0.420. The van der Waals surface area contributed by atoms with Crippen molar-refractivity contribution in [3.05, 3.63) is 29.8 Å². The van der Waals surface area contributed by atoms with Crippen molar-refractivity contribution in [2.75, 3.05) is 46.0 Å². The summed E-state index contributed by atoms with van der Waals surface area (Å²) in [7, 11) is -4.06. The summed E-state index contributed by atoms with van der Waals surface area (Å²) in [4.78, 5) is 2.38. The molecule has 30 heavy (non-hydrogen) atoms. The lowest BCUT2D eigenvalue weighted by molar-refractivity contribution is -0.192. The number of benzene rings is 1. The van der Waals surface area contributed by atoms with Gasteiger partial charge in [0.1, 0.15) is 12.2 Å². The van der Waals surface area contributed by atoms with Crippen LogP contribution in [0.1, 0.15) is 12.0 Å². The summed E-state index contributed by atoms with van der Waals surface area (Å²) in [6, 6.07) is 5.91. The second-order valence-corrected chi connectivity index (χ2v) is 9.55. The van der Waals surface area contributed by atoms with E-state index in [4.69, 9.17) is 18.4 Å². The lowest BCUT2D eigenvalue weighted by atomic mass is 9.98. The van der Waals surface area contributed by atoms with Crippen LogP contribution in [0.3, 0.4) is 0 Å². The van der Waals surface area contributed by atoms with Gasteiger partial charge in [-0.1, -0.05) is 17.7 Å². The van der Waals surface area contributed by atoms with Crippen molar-refractivity contribution in [1.82, 2.24) is 10.2 Å². The highest BCUT2D eigenvalue weighted by Crippen LogP contribution is 2.32. The molecule has 2 bridgehead atoms. The van der Waals surface area contributed by atoms with Gasteiger partial charge in [-0.15, -0.1) is 0 Å². The number of rotatable bonds is 8. The second kappa shape index (κ2) is 9.58. The van der Waals surface area contributed by atoms with Gasteiger partial charge in [0, 0.05) is 13.1 Å². The minimum atomic E-state index is -4.06. The molecule has 10 heteroatoms. The summed E-state index contributed by atoms with van der Waals surface area (Å²) in [5.41, 5.74) is 0.943. The minimum absolute atomic E-state index is 0.0374. The number of aryl methyl sites for hydroxylation is 1. The van der Waals surface area contributed by atoms with Gasteiger partial charge in [0.15, 0.2) is 12.4 Å². The van der Waals surface area contributed by atoms with Gasteiger partial charge >= 0.3 is 0 Å². The smallest absolute Gasteiger partial charge is 0.297 e. The van der Waals surface area contributed by atoms with E-state index in [9.17, 15) is 13.5 Å². The molecule has 1 aromatic rings. The summed E-state index contributed by atoms with van der Waals surface area (Å²) in [5.74, 6) is 0. The molecule has 3 fully saturated rings. The van der Waals surface area contributed by atoms with Crippen molar-refractivity contribution in [3.8, 4) is 0 Å². The van der Waals surface area contributed by atoms with Gasteiger partial charge in [-0.05, 0) is 38.6 Å². The predicted octanol–water partition coefficient (Wildman–Crippen LogP) is -0.135. The first-order valence-corrected chi connectivity index (χ1v) is 11.8. The highest BCUT2D eigenvalue weighted by Gasteiger charge is 2.52. The van der Waals surface area contributed by atoms with E-state index < -0.39 is 34.7 Å². The third kappa shape index (κ3) is 5.03. The number of nitrogens with one attached hydrogen (secondary N) is 1. The van der Waals surface area contributed by atoms with E-state index in [2.05, 4.69) is 10.2 Å². The van der Waals surface area contributed by atoms with Crippen LogP contribution in [0, 0.1) is 6.92 Å². The molecule has 0 spiro atoms. The maximum Gasteiger partial charge on any atom is 0.297 e. The molecule has 0 saturated carbocycles. The van der Waals surface area contributed by atoms with Crippen LogP contribution in [0.5, 0.6) is 0 Å². The van der Waals surface area contributed by atoms with Crippen LogP contribution in [0.2, 0.25) is 0 Å². The molecule has 0 aromatic heterocycles. The van der Waals surface area contributed by atoms with E-state index in [1.807, 2.05) is 6.92 Å². The Kier molecular flexibility index (Phi) is 7.05. The molecule has 3 aliphatic heterocycles. The van der Waals surface area contributed by atoms with Crippen molar-refractivity contribution in [1.29, 1.82) is 0 Å². The van der Waals surface area contributed by atoms with Crippen molar-refractivity contribution in [2.24, 2.45) is 0 Å². The average molecular weight is 443 g/mol. The molecule has 0 radical (unpaired) electrons. The van der Waals surface area contributed by atoms with Gasteiger partial charge in [-0.2, -0.15) is 8.42 Å². The number of hydrogen-bond acceptors (Lipinski definition) is 9. The maximum atomic E-state index is 12.7. The van der Waals surface area contributed by atoms with Gasteiger partial charge in [0.25, 0.3) is 10.1 Å². The highest BCUT2D eigenvalue weighted by atomic mass is 32.2. The fraction of sp³-hybridized carbons (Fsp3) is 0.700. The first-order valence-electron chi connectivity index (χ1n) is 10.4. The van der Waals surface area contributed by atoms with E-state index in [-0.39, 0.29) is 17.6 Å². The SMILES string of the molecule is Cc1ccc(S(=O)(=O)OC2C(O)C(NCCCN3CCOCC3)C3CO[C@@H]2O3)cc1. The molecule has 3 aliphatic rings. The monoisotopic (exact) mass is 442 g/mol. The third-order valence-electron chi connectivity index (χ3n) is 5.79. The first kappa shape index (κ1) is 22.1. The molecular formula is C20H30N2O7S. The van der Waals surface area contributed by atoms with E-state index in [1.54, 1.807) is 12.1 Å². The summed E-state index contributed by atoms with van der Waals surface area (Å²) in [5, 5.41) is 14.2. The predicted molar refractivity (Wildman–Crippen MR) is 108 cm³/mol. The van der Waals surface area contributed by atoms with E-state index in [0.717, 1.165) is 44.8 Å².